The Labute approximate surface area is 87.1 Å². The molecular weight excluding hydrogens is 190 g/mol. The van der Waals surface area contributed by atoms with Crippen LogP contribution in [-0.4, -0.2) is 16.1 Å². The third-order valence-electron chi connectivity index (χ3n) is 2.32. The van der Waals surface area contributed by atoms with Crippen molar-refractivity contribution in [2.45, 2.75) is 6.92 Å². The van der Waals surface area contributed by atoms with Gasteiger partial charge in [0, 0.05) is 17.3 Å². The molecule has 76 valence electrons. The zero-order valence-electron chi connectivity index (χ0n) is 8.32. The molecule has 1 amide bonds. The maximum Gasteiger partial charge on any atom is 0.248 e. The lowest BCUT2D eigenvalue weighted by molar-refractivity contribution is 0.1000. The average Bonchev–Trinajstić information content (AvgIpc) is 2.69. The molecule has 4 heteroatoms. The van der Waals surface area contributed by atoms with Crippen molar-refractivity contribution in [2.24, 2.45) is 5.73 Å². The maximum absolute atomic E-state index is 11.0. The third-order valence-corrected chi connectivity index (χ3v) is 2.32. The topological polar surface area (TPSA) is 71.8 Å². The summed E-state index contributed by atoms with van der Waals surface area (Å²) in [4.78, 5) is 11.0. The predicted octanol–water partition coefficient (Wildman–Crippen LogP) is 1.48. The van der Waals surface area contributed by atoms with E-state index in [1.54, 1.807) is 18.5 Å². The van der Waals surface area contributed by atoms with E-state index in [1.807, 2.05) is 19.1 Å². The quantitative estimate of drug-likeness (QED) is 0.772. The molecule has 0 unspecified atom stereocenters. The molecule has 2 rings (SSSR count). The highest BCUT2D eigenvalue weighted by molar-refractivity contribution is 5.94. The number of H-pyrrole nitrogens is 1. The van der Waals surface area contributed by atoms with Crippen LogP contribution in [-0.2, 0) is 0 Å². The molecule has 3 N–H and O–H groups in total. The van der Waals surface area contributed by atoms with Crippen LogP contribution in [0.1, 0.15) is 15.9 Å². The van der Waals surface area contributed by atoms with Gasteiger partial charge in [0.1, 0.15) is 0 Å². The molecule has 1 heterocycles. The first kappa shape index (κ1) is 9.45. The lowest BCUT2D eigenvalue weighted by atomic mass is 10.0. The van der Waals surface area contributed by atoms with Crippen LogP contribution in [0.4, 0.5) is 0 Å². The van der Waals surface area contributed by atoms with Crippen molar-refractivity contribution in [3.8, 4) is 11.1 Å². The van der Waals surface area contributed by atoms with Crippen molar-refractivity contribution in [3.05, 3.63) is 41.7 Å². The number of primary amides is 1. The Morgan fingerprint density at radius 2 is 2.20 bits per heavy atom. The number of rotatable bonds is 2. The number of aryl methyl sites for hydroxylation is 1. The fourth-order valence-electron chi connectivity index (χ4n) is 1.53. The van der Waals surface area contributed by atoms with Crippen molar-refractivity contribution < 1.29 is 4.79 Å². The van der Waals surface area contributed by atoms with Crippen LogP contribution < -0.4 is 5.73 Å². The highest BCUT2D eigenvalue weighted by Crippen LogP contribution is 2.20. The maximum atomic E-state index is 11.0. The van der Waals surface area contributed by atoms with Gasteiger partial charge in [-0.2, -0.15) is 5.10 Å². The number of nitrogens with two attached hydrogens (primary N) is 1. The van der Waals surface area contributed by atoms with Crippen LogP contribution in [0.2, 0.25) is 0 Å². The van der Waals surface area contributed by atoms with Gasteiger partial charge >= 0.3 is 0 Å². The summed E-state index contributed by atoms with van der Waals surface area (Å²) in [5.41, 5.74) is 8.67. The van der Waals surface area contributed by atoms with Gasteiger partial charge in [0.05, 0.1) is 6.20 Å². The summed E-state index contributed by atoms with van der Waals surface area (Å²) in [6.07, 6.45) is 3.54. The van der Waals surface area contributed by atoms with Gasteiger partial charge in [-0.3, -0.25) is 9.89 Å². The summed E-state index contributed by atoms with van der Waals surface area (Å²) in [6, 6.07) is 5.52. The molecule has 0 saturated heterocycles. The molecule has 0 bridgehead atoms. The van der Waals surface area contributed by atoms with Crippen molar-refractivity contribution >= 4 is 5.91 Å². The molecular formula is C11H11N3O. The number of nitrogens with zero attached hydrogens (tertiary/aromatic N) is 1. The average molecular weight is 201 g/mol. The second-order valence-electron chi connectivity index (χ2n) is 3.38. The number of hydrogen-bond acceptors (Lipinski definition) is 2. The van der Waals surface area contributed by atoms with Crippen LogP contribution in [0, 0.1) is 6.92 Å². The first-order valence-corrected chi connectivity index (χ1v) is 4.58. The van der Waals surface area contributed by atoms with Crippen molar-refractivity contribution in [3.63, 3.8) is 0 Å². The number of carbonyl (C=O) groups excluding carboxylic acids is 1. The molecule has 15 heavy (non-hydrogen) atoms. The zero-order chi connectivity index (χ0) is 10.8. The molecule has 0 radical (unpaired) electrons. The van der Waals surface area contributed by atoms with Crippen LogP contribution >= 0.6 is 0 Å². The summed E-state index contributed by atoms with van der Waals surface area (Å²) < 4.78 is 0. The van der Waals surface area contributed by atoms with E-state index < -0.39 is 5.91 Å². The molecule has 1 aromatic heterocycles. The van der Waals surface area contributed by atoms with E-state index in [1.165, 1.54) is 0 Å². The van der Waals surface area contributed by atoms with Gasteiger partial charge in [0.15, 0.2) is 0 Å². The number of hydrogen-bond donors (Lipinski definition) is 2. The second kappa shape index (κ2) is 3.57. The Balaban J connectivity index is 2.47. The Hall–Kier alpha value is -2.10. The summed E-state index contributed by atoms with van der Waals surface area (Å²) >= 11 is 0. The van der Waals surface area contributed by atoms with Gasteiger partial charge in [0.25, 0.3) is 0 Å². The Bertz CT molecular complexity index is 489. The number of aromatic amines is 1. The molecule has 0 fully saturated rings. The van der Waals surface area contributed by atoms with E-state index in [9.17, 15) is 4.79 Å². The lowest BCUT2D eigenvalue weighted by Crippen LogP contribution is -2.12. The van der Waals surface area contributed by atoms with Crippen molar-refractivity contribution in [1.29, 1.82) is 0 Å². The lowest BCUT2D eigenvalue weighted by Gasteiger charge is -2.03. The molecule has 2 aromatic rings. The predicted molar refractivity (Wildman–Crippen MR) is 57.3 cm³/mol. The molecule has 4 nitrogen and oxygen atoms in total. The van der Waals surface area contributed by atoms with Gasteiger partial charge in [-0.25, -0.2) is 0 Å². The van der Waals surface area contributed by atoms with Gasteiger partial charge in [-0.15, -0.1) is 0 Å². The minimum atomic E-state index is -0.397. The van der Waals surface area contributed by atoms with Gasteiger partial charge in [-0.1, -0.05) is 12.1 Å². The van der Waals surface area contributed by atoms with Crippen molar-refractivity contribution in [1.82, 2.24) is 10.2 Å². The van der Waals surface area contributed by atoms with Crippen LogP contribution in [0.15, 0.2) is 30.6 Å². The van der Waals surface area contributed by atoms with Crippen LogP contribution in [0.25, 0.3) is 11.1 Å². The van der Waals surface area contributed by atoms with E-state index in [4.69, 9.17) is 5.73 Å². The summed E-state index contributed by atoms with van der Waals surface area (Å²) in [6.45, 7) is 1.86. The largest absolute Gasteiger partial charge is 0.366 e. The Kier molecular flexibility index (Phi) is 2.25. The van der Waals surface area contributed by atoms with Gasteiger partial charge < -0.3 is 5.73 Å². The minimum absolute atomic E-state index is 0.397. The standard InChI is InChI=1S/C11H11N3O/c1-7-4-8(9-5-13-14-6-9)2-3-10(7)11(12)15/h2-6H,1H3,(H2,12,15)(H,13,14). The third kappa shape index (κ3) is 1.74. The molecule has 0 aliphatic rings. The Morgan fingerprint density at radius 3 is 2.73 bits per heavy atom. The number of aromatic nitrogens is 2. The highest BCUT2D eigenvalue weighted by Gasteiger charge is 2.06. The van der Waals surface area contributed by atoms with E-state index in [0.717, 1.165) is 16.7 Å². The summed E-state index contributed by atoms with van der Waals surface area (Å²) in [5, 5.41) is 6.61. The van der Waals surface area contributed by atoms with Crippen LogP contribution in [0.5, 0.6) is 0 Å². The number of carbonyl (C=O) groups is 1. The van der Waals surface area contributed by atoms with Crippen LogP contribution in [0.3, 0.4) is 0 Å². The monoisotopic (exact) mass is 201 g/mol. The molecule has 0 spiro atoms. The molecule has 1 aromatic carbocycles. The first-order chi connectivity index (χ1) is 7.18. The molecule has 0 aliphatic heterocycles. The molecule has 0 aliphatic carbocycles. The first-order valence-electron chi connectivity index (χ1n) is 4.58. The van der Waals surface area contributed by atoms with E-state index in [-0.39, 0.29) is 0 Å². The van der Waals surface area contributed by atoms with E-state index in [0.29, 0.717) is 5.56 Å². The second-order valence-corrected chi connectivity index (χ2v) is 3.38. The smallest absolute Gasteiger partial charge is 0.248 e. The molecule has 0 atom stereocenters. The van der Waals surface area contributed by atoms with E-state index >= 15 is 0 Å². The fraction of sp³-hybridized carbons (Fsp3) is 0.0909. The normalized spacial score (nSPS) is 10.2. The number of nitrogens with one attached hydrogen (secondary N) is 1. The van der Waals surface area contributed by atoms with Gasteiger partial charge in [-0.05, 0) is 24.1 Å². The molecule has 0 saturated carbocycles. The summed E-state index contributed by atoms with van der Waals surface area (Å²) in [5.74, 6) is -0.397. The summed E-state index contributed by atoms with van der Waals surface area (Å²) in [7, 11) is 0. The SMILES string of the molecule is Cc1cc(-c2cn[nH]c2)ccc1C(N)=O. The highest BCUT2D eigenvalue weighted by atomic mass is 16.1. The number of amides is 1. The zero-order valence-corrected chi connectivity index (χ0v) is 8.32. The van der Waals surface area contributed by atoms with Crippen molar-refractivity contribution in [2.75, 3.05) is 0 Å². The van der Waals surface area contributed by atoms with Gasteiger partial charge in [0.2, 0.25) is 5.91 Å². The fourth-order valence-corrected chi connectivity index (χ4v) is 1.53. The van der Waals surface area contributed by atoms with E-state index in [2.05, 4.69) is 10.2 Å². The minimum Gasteiger partial charge on any atom is -0.366 e. The number of benzene rings is 1. The Morgan fingerprint density at radius 1 is 1.40 bits per heavy atom.